The van der Waals surface area contributed by atoms with Crippen molar-refractivity contribution in [2.24, 2.45) is 0 Å². The molecule has 0 aliphatic heterocycles. The van der Waals surface area contributed by atoms with E-state index in [-0.39, 0.29) is 5.97 Å². The normalized spacial score (nSPS) is 12.3. The average Bonchev–Trinajstić information content (AvgIpc) is 2.65. The number of rotatable bonds is 20. The van der Waals surface area contributed by atoms with Crippen LogP contribution in [0.15, 0.2) is 0 Å². The summed E-state index contributed by atoms with van der Waals surface area (Å²) in [4.78, 5) is 11.0. The summed E-state index contributed by atoms with van der Waals surface area (Å²) in [6, 6.07) is 0. The Morgan fingerprint density at radius 2 is 0.963 bits per heavy atom. The second-order valence-electron chi connectivity index (χ2n) is 8.73. The van der Waals surface area contributed by atoms with Crippen LogP contribution in [0.25, 0.3) is 0 Å². The van der Waals surface area contributed by atoms with Gasteiger partial charge < -0.3 is 0 Å². The molecule has 0 aliphatic carbocycles. The van der Waals surface area contributed by atoms with Crippen LogP contribution in [-0.2, 0) is 9.53 Å². The predicted octanol–water partition coefficient (Wildman–Crippen LogP) is 7.82. The Bertz CT molecular complexity index is 299. The molecule has 0 N–H and O–H groups in total. The zero-order valence-corrected chi connectivity index (χ0v) is 20.3. The van der Waals surface area contributed by atoms with Gasteiger partial charge in [-0.3, -0.25) is 0 Å². The SMILES string of the molecule is CCCCCC[PH](CCCCCC)(CCCCCC)CCCCOC(C)=O. The Morgan fingerprint density at radius 1 is 0.593 bits per heavy atom. The quantitative estimate of drug-likeness (QED) is 0.118. The molecule has 0 atom stereocenters. The monoisotopic (exact) mass is 402 g/mol. The number of carbonyl (C=O) groups excluding carboxylic acids is 1. The number of ether oxygens (including phenoxy) is 1. The third kappa shape index (κ3) is 16.5. The van der Waals surface area contributed by atoms with E-state index in [0.29, 0.717) is 6.61 Å². The molecular formula is C24H51O2P. The van der Waals surface area contributed by atoms with Crippen molar-refractivity contribution < 1.29 is 9.53 Å². The maximum absolute atomic E-state index is 11.0. The van der Waals surface area contributed by atoms with E-state index in [0.717, 1.165) is 6.42 Å². The van der Waals surface area contributed by atoms with Gasteiger partial charge in [-0.2, -0.15) is 0 Å². The molecule has 0 bridgehead atoms. The summed E-state index contributed by atoms with van der Waals surface area (Å²) in [7, 11) is -1.16. The van der Waals surface area contributed by atoms with Crippen molar-refractivity contribution in [3.63, 3.8) is 0 Å². The third-order valence-electron chi connectivity index (χ3n) is 6.09. The minimum atomic E-state index is -1.16. The van der Waals surface area contributed by atoms with Crippen molar-refractivity contribution in [2.45, 2.75) is 118 Å². The van der Waals surface area contributed by atoms with Crippen LogP contribution in [0.3, 0.4) is 0 Å². The van der Waals surface area contributed by atoms with Crippen molar-refractivity contribution >= 4 is 13.2 Å². The van der Waals surface area contributed by atoms with Crippen LogP contribution >= 0.6 is 7.26 Å². The topological polar surface area (TPSA) is 26.3 Å². The van der Waals surface area contributed by atoms with Gasteiger partial charge in [0.1, 0.15) is 0 Å². The van der Waals surface area contributed by atoms with Crippen LogP contribution in [0.4, 0.5) is 0 Å². The summed E-state index contributed by atoms with van der Waals surface area (Å²) >= 11 is 0. The summed E-state index contributed by atoms with van der Waals surface area (Å²) < 4.78 is 5.17. The number of hydrogen-bond donors (Lipinski definition) is 0. The molecule has 0 saturated heterocycles. The van der Waals surface area contributed by atoms with Crippen molar-refractivity contribution in [2.75, 3.05) is 31.3 Å². The third-order valence-corrected chi connectivity index (χ3v) is 11.7. The number of hydrogen-bond acceptors (Lipinski definition) is 2. The van der Waals surface area contributed by atoms with Gasteiger partial charge in [0.05, 0.1) is 0 Å². The number of esters is 1. The second-order valence-corrected chi connectivity index (χ2v) is 13.7. The minimum absolute atomic E-state index is 0.128. The van der Waals surface area contributed by atoms with Crippen LogP contribution in [-0.4, -0.2) is 37.2 Å². The molecule has 3 heteroatoms. The predicted molar refractivity (Wildman–Crippen MR) is 126 cm³/mol. The van der Waals surface area contributed by atoms with Crippen LogP contribution in [0.2, 0.25) is 0 Å². The molecule has 0 heterocycles. The molecule has 0 fully saturated rings. The standard InChI is InChI=1S/C24H51O2P/c1-5-8-11-15-20-27(21-16-12-9-6-2,22-17-13-10-7-3)23-18-14-19-26-24(4)25/h27H,5-23H2,1-4H3. The molecule has 27 heavy (non-hydrogen) atoms. The summed E-state index contributed by atoms with van der Waals surface area (Å²) in [5, 5.41) is 0. The van der Waals surface area contributed by atoms with Gasteiger partial charge in [-0.05, 0) is 0 Å². The molecule has 0 amide bonds. The van der Waals surface area contributed by atoms with E-state index in [1.165, 1.54) is 96.6 Å². The van der Waals surface area contributed by atoms with Gasteiger partial charge in [0.15, 0.2) is 0 Å². The maximum atomic E-state index is 11.0. The van der Waals surface area contributed by atoms with E-state index < -0.39 is 7.26 Å². The van der Waals surface area contributed by atoms with E-state index in [1.807, 2.05) is 0 Å². The van der Waals surface area contributed by atoms with Crippen molar-refractivity contribution in [1.29, 1.82) is 0 Å². The zero-order valence-electron chi connectivity index (χ0n) is 19.3. The first-order valence-corrected chi connectivity index (χ1v) is 15.1. The van der Waals surface area contributed by atoms with Crippen LogP contribution in [0, 0.1) is 0 Å². The Hall–Kier alpha value is -0.100. The van der Waals surface area contributed by atoms with E-state index in [9.17, 15) is 4.79 Å². The Kier molecular flexibility index (Phi) is 19.2. The summed E-state index contributed by atoms with van der Waals surface area (Å²) in [6.45, 7) is 9.09. The molecule has 0 aromatic heterocycles. The molecule has 0 saturated carbocycles. The van der Waals surface area contributed by atoms with Gasteiger partial charge in [0.2, 0.25) is 0 Å². The molecule has 0 rings (SSSR count). The van der Waals surface area contributed by atoms with Gasteiger partial charge in [0.25, 0.3) is 0 Å². The van der Waals surface area contributed by atoms with Gasteiger partial charge in [-0.15, -0.1) is 0 Å². The first-order valence-electron chi connectivity index (χ1n) is 12.2. The molecular weight excluding hydrogens is 351 g/mol. The first kappa shape index (κ1) is 26.9. The van der Waals surface area contributed by atoms with Crippen LogP contribution in [0.5, 0.6) is 0 Å². The van der Waals surface area contributed by atoms with E-state index in [4.69, 9.17) is 4.74 Å². The molecule has 2 nitrogen and oxygen atoms in total. The van der Waals surface area contributed by atoms with Crippen molar-refractivity contribution in [3.8, 4) is 0 Å². The second kappa shape index (κ2) is 19.2. The van der Waals surface area contributed by atoms with Crippen LogP contribution in [0.1, 0.15) is 118 Å². The molecule has 0 aromatic carbocycles. The van der Waals surface area contributed by atoms with Gasteiger partial charge in [-0.25, -0.2) is 0 Å². The molecule has 0 unspecified atom stereocenters. The van der Waals surface area contributed by atoms with Gasteiger partial charge in [-0.1, -0.05) is 0 Å². The average molecular weight is 403 g/mol. The van der Waals surface area contributed by atoms with E-state index in [2.05, 4.69) is 20.8 Å². The fourth-order valence-corrected chi connectivity index (χ4v) is 9.85. The van der Waals surface area contributed by atoms with Gasteiger partial charge >= 0.3 is 172 Å². The van der Waals surface area contributed by atoms with Gasteiger partial charge in [0, 0.05) is 0 Å². The number of carbonyl (C=O) groups is 1. The Morgan fingerprint density at radius 3 is 1.30 bits per heavy atom. The Balaban J connectivity index is 4.68. The fraction of sp³-hybridized carbons (Fsp3) is 0.958. The number of unbranched alkanes of at least 4 members (excludes halogenated alkanes) is 10. The zero-order chi connectivity index (χ0) is 20.2. The molecule has 0 spiro atoms. The first-order chi connectivity index (χ1) is 13.1. The summed E-state index contributed by atoms with van der Waals surface area (Å²) in [5.74, 6) is -0.128. The van der Waals surface area contributed by atoms with E-state index in [1.54, 1.807) is 18.5 Å². The molecule has 0 aliphatic rings. The molecule has 164 valence electrons. The van der Waals surface area contributed by atoms with Crippen molar-refractivity contribution in [1.82, 2.24) is 0 Å². The Labute approximate surface area is 171 Å². The van der Waals surface area contributed by atoms with E-state index >= 15 is 0 Å². The fourth-order valence-electron chi connectivity index (χ4n) is 4.35. The summed E-state index contributed by atoms with van der Waals surface area (Å²) in [6.07, 6.45) is 25.4. The summed E-state index contributed by atoms with van der Waals surface area (Å²) in [5.41, 5.74) is 0. The van der Waals surface area contributed by atoms with Crippen LogP contribution < -0.4 is 0 Å². The van der Waals surface area contributed by atoms with Crippen molar-refractivity contribution in [3.05, 3.63) is 0 Å². The molecule has 0 radical (unpaired) electrons. The molecule has 0 aromatic rings.